The lowest BCUT2D eigenvalue weighted by atomic mass is 9.96. The molecule has 1 saturated heterocycles. The van der Waals surface area contributed by atoms with E-state index in [-0.39, 0.29) is 11.5 Å². The van der Waals surface area contributed by atoms with Crippen molar-refractivity contribution in [1.82, 2.24) is 5.32 Å². The quantitative estimate of drug-likeness (QED) is 0.823. The molecule has 0 saturated carbocycles. The van der Waals surface area contributed by atoms with Gasteiger partial charge in [0.05, 0.1) is 0 Å². The molecule has 4 heteroatoms. The molecular weight excluding hydrogens is 220 g/mol. The first kappa shape index (κ1) is 10.8. The van der Waals surface area contributed by atoms with Gasteiger partial charge in [0.15, 0.2) is 0 Å². The van der Waals surface area contributed by atoms with Gasteiger partial charge in [-0.2, -0.15) is 0 Å². The lowest BCUT2D eigenvalue weighted by Crippen LogP contribution is -2.08. The summed E-state index contributed by atoms with van der Waals surface area (Å²) in [6.45, 7) is 1.76. The highest BCUT2D eigenvalue weighted by atomic mass is 35.5. The second kappa shape index (κ2) is 4.45. The van der Waals surface area contributed by atoms with Crippen LogP contribution in [0, 0.1) is 0 Å². The van der Waals surface area contributed by atoms with E-state index in [1.165, 1.54) is 12.1 Å². The van der Waals surface area contributed by atoms with Crippen LogP contribution < -0.4 is 5.32 Å². The van der Waals surface area contributed by atoms with Crippen LogP contribution in [0.15, 0.2) is 18.2 Å². The van der Waals surface area contributed by atoms with E-state index in [0.717, 1.165) is 25.1 Å². The number of nitrogens with one attached hydrogen (secondary N) is 1. The molecule has 82 valence electrons. The minimum atomic E-state index is -2.42. The third-order valence-corrected chi connectivity index (χ3v) is 3.12. The Morgan fingerprint density at radius 2 is 2.20 bits per heavy atom. The van der Waals surface area contributed by atoms with Crippen molar-refractivity contribution >= 4 is 11.6 Å². The summed E-state index contributed by atoms with van der Waals surface area (Å²) in [5, 5.41) is 3.79. The van der Waals surface area contributed by atoms with Gasteiger partial charge in [-0.1, -0.05) is 17.7 Å². The smallest absolute Gasteiger partial charge is 0.263 e. The molecule has 1 fully saturated rings. The zero-order valence-corrected chi connectivity index (χ0v) is 8.90. The van der Waals surface area contributed by atoms with Crippen LogP contribution in [-0.4, -0.2) is 13.1 Å². The molecule has 1 nitrogen and oxygen atoms in total. The van der Waals surface area contributed by atoms with Crippen LogP contribution in [0.1, 0.15) is 29.9 Å². The van der Waals surface area contributed by atoms with Gasteiger partial charge in [0.1, 0.15) is 0 Å². The lowest BCUT2D eigenvalue weighted by Gasteiger charge is -2.12. The van der Waals surface area contributed by atoms with E-state index in [1.807, 2.05) is 0 Å². The zero-order valence-electron chi connectivity index (χ0n) is 8.14. The van der Waals surface area contributed by atoms with Crippen molar-refractivity contribution in [2.75, 3.05) is 13.1 Å². The van der Waals surface area contributed by atoms with Crippen LogP contribution in [0.2, 0.25) is 5.02 Å². The molecular formula is C11H12ClF2N. The largest absolute Gasteiger partial charge is 0.316 e. The first-order valence-corrected chi connectivity index (χ1v) is 5.34. The molecule has 15 heavy (non-hydrogen) atoms. The van der Waals surface area contributed by atoms with Crippen LogP contribution >= 0.6 is 11.6 Å². The Bertz CT molecular complexity index is 348. The van der Waals surface area contributed by atoms with Gasteiger partial charge in [-0.25, -0.2) is 8.78 Å². The molecule has 0 radical (unpaired) electrons. The van der Waals surface area contributed by atoms with Gasteiger partial charge in [-0.05, 0) is 36.6 Å². The molecule has 2 rings (SSSR count). The van der Waals surface area contributed by atoms with E-state index >= 15 is 0 Å². The zero-order chi connectivity index (χ0) is 10.8. The molecule has 0 aliphatic carbocycles. The molecule has 1 atom stereocenters. The summed E-state index contributed by atoms with van der Waals surface area (Å²) < 4.78 is 25.0. The number of alkyl halides is 2. The monoisotopic (exact) mass is 231 g/mol. The lowest BCUT2D eigenvalue weighted by molar-refractivity contribution is 0.151. The van der Waals surface area contributed by atoms with Gasteiger partial charge in [0.2, 0.25) is 0 Å². The Morgan fingerprint density at radius 1 is 1.40 bits per heavy atom. The average Bonchev–Trinajstić information content (AvgIpc) is 2.71. The topological polar surface area (TPSA) is 12.0 Å². The number of rotatable bonds is 2. The Morgan fingerprint density at radius 3 is 2.80 bits per heavy atom. The minimum Gasteiger partial charge on any atom is -0.316 e. The summed E-state index contributed by atoms with van der Waals surface area (Å²) in [5.41, 5.74) is 0.903. The van der Waals surface area contributed by atoms with Gasteiger partial charge in [0.25, 0.3) is 6.43 Å². The number of hydrogen-bond donors (Lipinski definition) is 1. The van der Waals surface area contributed by atoms with Crippen LogP contribution in [-0.2, 0) is 0 Å². The van der Waals surface area contributed by atoms with Crippen LogP contribution in [0.25, 0.3) is 0 Å². The fourth-order valence-electron chi connectivity index (χ4n) is 1.93. The molecule has 0 amide bonds. The maximum atomic E-state index is 12.5. The second-order valence-corrected chi connectivity index (χ2v) is 4.18. The SMILES string of the molecule is FC(F)c1ccc(Cl)c(C2CCNC2)c1. The van der Waals surface area contributed by atoms with Gasteiger partial charge in [-0.15, -0.1) is 0 Å². The Labute approximate surface area is 92.4 Å². The van der Waals surface area contributed by atoms with E-state index in [2.05, 4.69) is 5.32 Å². The molecule has 1 aliphatic rings. The van der Waals surface area contributed by atoms with Crippen molar-refractivity contribution in [3.05, 3.63) is 34.3 Å². The third-order valence-electron chi connectivity index (χ3n) is 2.77. The number of hydrogen-bond acceptors (Lipinski definition) is 1. The highest BCUT2D eigenvalue weighted by Gasteiger charge is 2.20. The summed E-state index contributed by atoms with van der Waals surface area (Å²) in [4.78, 5) is 0. The maximum absolute atomic E-state index is 12.5. The van der Waals surface area contributed by atoms with Crippen LogP contribution in [0.4, 0.5) is 8.78 Å². The normalized spacial score (nSPS) is 21.2. The minimum absolute atomic E-state index is 0.0568. The van der Waals surface area contributed by atoms with Gasteiger partial charge in [-0.3, -0.25) is 0 Å². The van der Waals surface area contributed by atoms with Crippen LogP contribution in [0.3, 0.4) is 0 Å². The predicted octanol–water partition coefficient (Wildman–Crippen LogP) is 3.35. The van der Waals surface area contributed by atoms with Crippen molar-refractivity contribution in [2.45, 2.75) is 18.8 Å². The molecule has 0 aromatic heterocycles. The molecule has 1 unspecified atom stereocenters. The number of benzene rings is 1. The van der Waals surface area contributed by atoms with Crippen LogP contribution in [0.5, 0.6) is 0 Å². The first-order chi connectivity index (χ1) is 7.18. The van der Waals surface area contributed by atoms with E-state index in [1.54, 1.807) is 6.07 Å². The predicted molar refractivity (Wildman–Crippen MR) is 56.6 cm³/mol. The number of halogens is 3. The van der Waals surface area contributed by atoms with E-state index in [4.69, 9.17) is 11.6 Å². The van der Waals surface area contributed by atoms with Crippen molar-refractivity contribution in [3.63, 3.8) is 0 Å². The molecule has 1 aromatic carbocycles. The highest BCUT2D eigenvalue weighted by molar-refractivity contribution is 6.31. The van der Waals surface area contributed by atoms with Gasteiger partial charge < -0.3 is 5.32 Å². The van der Waals surface area contributed by atoms with Crippen molar-refractivity contribution in [1.29, 1.82) is 0 Å². The Balaban J connectivity index is 2.31. The fourth-order valence-corrected chi connectivity index (χ4v) is 2.20. The summed E-state index contributed by atoms with van der Waals surface area (Å²) in [7, 11) is 0. The maximum Gasteiger partial charge on any atom is 0.263 e. The second-order valence-electron chi connectivity index (χ2n) is 3.77. The first-order valence-electron chi connectivity index (χ1n) is 4.96. The standard InChI is InChI=1S/C11H12ClF2N/c12-10-2-1-7(11(13)14)5-9(10)8-3-4-15-6-8/h1-2,5,8,11,15H,3-4,6H2. The Kier molecular flexibility index (Phi) is 3.22. The van der Waals surface area contributed by atoms with Crippen molar-refractivity contribution in [3.8, 4) is 0 Å². The highest BCUT2D eigenvalue weighted by Crippen LogP contribution is 2.32. The average molecular weight is 232 g/mol. The van der Waals surface area contributed by atoms with E-state index in [9.17, 15) is 8.78 Å². The molecule has 0 bridgehead atoms. The Hall–Kier alpha value is -0.670. The molecule has 1 aliphatic heterocycles. The summed E-state index contributed by atoms with van der Waals surface area (Å²) in [6, 6.07) is 4.49. The third kappa shape index (κ3) is 2.29. The van der Waals surface area contributed by atoms with Gasteiger partial charge in [0, 0.05) is 17.1 Å². The van der Waals surface area contributed by atoms with E-state index < -0.39 is 6.43 Å². The molecule has 0 spiro atoms. The van der Waals surface area contributed by atoms with Crippen molar-refractivity contribution < 1.29 is 8.78 Å². The molecule has 1 N–H and O–H groups in total. The fraction of sp³-hybridized carbons (Fsp3) is 0.455. The summed E-state index contributed by atoms with van der Waals surface area (Å²) in [6.07, 6.45) is -1.46. The van der Waals surface area contributed by atoms with Gasteiger partial charge >= 0.3 is 0 Å². The van der Waals surface area contributed by atoms with E-state index in [0.29, 0.717) is 5.02 Å². The van der Waals surface area contributed by atoms with Crippen molar-refractivity contribution in [2.24, 2.45) is 0 Å². The molecule has 1 heterocycles. The molecule has 1 aromatic rings. The summed E-state index contributed by atoms with van der Waals surface area (Å²) >= 11 is 6.01. The summed E-state index contributed by atoms with van der Waals surface area (Å²) in [5.74, 6) is 0.274.